The summed E-state index contributed by atoms with van der Waals surface area (Å²) in [5.74, 6) is -1.59. The lowest BCUT2D eigenvalue weighted by Gasteiger charge is -2.06. The van der Waals surface area contributed by atoms with Gasteiger partial charge in [0, 0.05) is 6.20 Å². The maximum absolute atomic E-state index is 14.2. The van der Waals surface area contributed by atoms with Crippen LogP contribution >= 0.6 is 11.6 Å². The summed E-state index contributed by atoms with van der Waals surface area (Å²) in [6, 6.07) is 4.14. The number of hydrogen-bond donors (Lipinski definition) is 2. The van der Waals surface area contributed by atoms with Crippen LogP contribution in [-0.4, -0.2) is 26.8 Å². The smallest absolute Gasteiger partial charge is 0.261 e. The third-order valence-corrected chi connectivity index (χ3v) is 3.81. The third kappa shape index (κ3) is 3.42. The molecule has 3 rings (SSSR count). The first-order valence-electron chi connectivity index (χ1n) is 7.39. The van der Waals surface area contributed by atoms with Crippen molar-refractivity contribution in [3.63, 3.8) is 0 Å². The Kier molecular flexibility index (Phi) is 4.72. The summed E-state index contributed by atoms with van der Waals surface area (Å²) in [5.41, 5.74) is 5.42. The number of nitrogens with two attached hydrogens (primary N) is 1. The molecule has 0 bridgehead atoms. The van der Waals surface area contributed by atoms with Gasteiger partial charge in [-0.25, -0.2) is 4.39 Å². The molecule has 3 N–H and O–H groups in total. The molecule has 0 fully saturated rings. The van der Waals surface area contributed by atoms with E-state index in [1.54, 1.807) is 0 Å². The van der Waals surface area contributed by atoms with E-state index in [0.717, 1.165) is 0 Å². The molecule has 0 atom stereocenters. The highest BCUT2D eigenvalue weighted by Crippen LogP contribution is 2.33. The van der Waals surface area contributed by atoms with Gasteiger partial charge in [-0.3, -0.25) is 14.3 Å². The van der Waals surface area contributed by atoms with Gasteiger partial charge in [-0.1, -0.05) is 22.8 Å². The molecule has 0 aliphatic carbocycles. The summed E-state index contributed by atoms with van der Waals surface area (Å²) in [6.45, 7) is 1.40. The van der Waals surface area contributed by atoms with Gasteiger partial charge < -0.3 is 15.6 Å². The second-order valence-corrected chi connectivity index (χ2v) is 5.81. The number of carbonyl (C=O) groups is 2. The van der Waals surface area contributed by atoms with Crippen molar-refractivity contribution >= 4 is 29.1 Å². The highest BCUT2D eigenvalue weighted by Gasteiger charge is 2.25. The van der Waals surface area contributed by atoms with Gasteiger partial charge >= 0.3 is 0 Å². The van der Waals surface area contributed by atoms with E-state index in [2.05, 4.69) is 15.6 Å². The van der Waals surface area contributed by atoms with E-state index in [-0.39, 0.29) is 34.1 Å². The van der Waals surface area contributed by atoms with Crippen molar-refractivity contribution in [3.8, 4) is 11.3 Å². The molecule has 0 spiro atoms. The molecule has 2 heterocycles. The highest BCUT2D eigenvalue weighted by molar-refractivity contribution is 6.33. The van der Waals surface area contributed by atoms with Crippen molar-refractivity contribution < 1.29 is 18.5 Å². The lowest BCUT2D eigenvalue weighted by atomic mass is 10.0. The molecule has 8 nitrogen and oxygen atoms in total. The van der Waals surface area contributed by atoms with Gasteiger partial charge in [-0.05, 0) is 19.1 Å². The van der Waals surface area contributed by atoms with Crippen LogP contribution in [0.15, 0.2) is 35.1 Å². The zero-order valence-electron chi connectivity index (χ0n) is 13.5. The number of primary amides is 1. The molecule has 134 valence electrons. The summed E-state index contributed by atoms with van der Waals surface area (Å²) in [4.78, 5) is 23.5. The fourth-order valence-corrected chi connectivity index (χ4v) is 2.65. The third-order valence-electron chi connectivity index (χ3n) is 3.50. The molecule has 0 radical (unpaired) electrons. The maximum Gasteiger partial charge on any atom is 0.261 e. The molecule has 3 aromatic rings. The van der Waals surface area contributed by atoms with Crippen LogP contribution in [0.1, 0.15) is 16.1 Å². The molecule has 26 heavy (non-hydrogen) atoms. The number of hydrogen-bond acceptors (Lipinski definition) is 5. The molecule has 10 heteroatoms. The fourth-order valence-electron chi connectivity index (χ4n) is 2.40. The minimum Gasteiger partial charge on any atom is -0.368 e. The first-order chi connectivity index (χ1) is 12.4. The highest BCUT2D eigenvalue weighted by atomic mass is 35.5. The number of aromatic nitrogens is 3. The van der Waals surface area contributed by atoms with Gasteiger partial charge in [0.1, 0.15) is 29.4 Å². The van der Waals surface area contributed by atoms with Crippen LogP contribution in [0.25, 0.3) is 11.3 Å². The first kappa shape index (κ1) is 17.6. The Balaban J connectivity index is 1.92. The van der Waals surface area contributed by atoms with Crippen LogP contribution in [0, 0.1) is 12.7 Å². The summed E-state index contributed by atoms with van der Waals surface area (Å²) < 4.78 is 20.5. The van der Waals surface area contributed by atoms with Crippen LogP contribution in [0.3, 0.4) is 0 Å². The van der Waals surface area contributed by atoms with Crippen LogP contribution in [0.2, 0.25) is 5.02 Å². The zero-order valence-corrected chi connectivity index (χ0v) is 14.2. The second kappa shape index (κ2) is 6.96. The van der Waals surface area contributed by atoms with E-state index in [1.165, 1.54) is 42.2 Å². The van der Waals surface area contributed by atoms with Crippen LogP contribution in [-0.2, 0) is 11.3 Å². The topological polar surface area (TPSA) is 116 Å². The van der Waals surface area contributed by atoms with Crippen LogP contribution in [0.5, 0.6) is 0 Å². The predicted octanol–water partition coefficient (Wildman–Crippen LogP) is 2.38. The number of benzene rings is 1. The predicted molar refractivity (Wildman–Crippen MR) is 91.0 cm³/mol. The number of halogens is 2. The molecule has 1 aromatic carbocycles. The standard InChI is InChI=1S/C16H13ClFN5O3/c1-8-13(15(22-26-8)14-10(17)3-2-4-11(14)18)16(25)21-9-5-20-23(6-9)7-12(19)24/h2-6H,7H2,1H3,(H2,19,24)(H,21,25). The zero-order chi connectivity index (χ0) is 18.8. The van der Waals surface area contributed by atoms with Gasteiger partial charge in [0.05, 0.1) is 22.5 Å². The number of rotatable bonds is 5. The lowest BCUT2D eigenvalue weighted by Crippen LogP contribution is -2.18. The number of carbonyl (C=O) groups excluding carboxylic acids is 2. The molecule has 0 saturated heterocycles. The number of nitrogens with zero attached hydrogens (tertiary/aromatic N) is 3. The summed E-state index contributed by atoms with van der Waals surface area (Å²) in [6.07, 6.45) is 2.78. The summed E-state index contributed by atoms with van der Waals surface area (Å²) in [7, 11) is 0. The number of aryl methyl sites for hydroxylation is 1. The Morgan fingerprint density at radius 3 is 2.88 bits per heavy atom. The first-order valence-corrected chi connectivity index (χ1v) is 7.77. The van der Waals surface area contributed by atoms with E-state index in [4.69, 9.17) is 21.9 Å². The van der Waals surface area contributed by atoms with Gasteiger partial charge in [0.15, 0.2) is 0 Å². The number of anilines is 1. The molecular weight excluding hydrogens is 365 g/mol. The molecule has 0 aliphatic heterocycles. The second-order valence-electron chi connectivity index (χ2n) is 5.41. The van der Waals surface area contributed by atoms with Crippen LogP contribution < -0.4 is 11.1 Å². The lowest BCUT2D eigenvalue weighted by molar-refractivity contribution is -0.118. The monoisotopic (exact) mass is 377 g/mol. The SMILES string of the molecule is Cc1onc(-c2c(F)cccc2Cl)c1C(=O)Nc1cnn(CC(N)=O)c1. The molecule has 2 amide bonds. The summed E-state index contributed by atoms with van der Waals surface area (Å²) >= 11 is 6.05. The van der Waals surface area contributed by atoms with E-state index < -0.39 is 17.6 Å². The average Bonchev–Trinajstić information content (AvgIpc) is 3.13. The molecule has 0 aliphatic rings. The quantitative estimate of drug-likeness (QED) is 0.708. The Bertz CT molecular complexity index is 977. The number of amides is 2. The van der Waals surface area contributed by atoms with Crippen molar-refractivity contribution in [3.05, 3.63) is 52.8 Å². The van der Waals surface area contributed by atoms with Crippen LogP contribution in [0.4, 0.5) is 10.1 Å². The normalized spacial score (nSPS) is 10.7. The Morgan fingerprint density at radius 1 is 1.42 bits per heavy atom. The summed E-state index contributed by atoms with van der Waals surface area (Å²) in [5, 5.41) is 10.4. The minimum atomic E-state index is -0.630. The van der Waals surface area contributed by atoms with Crippen molar-refractivity contribution in [2.75, 3.05) is 5.32 Å². The fraction of sp³-hybridized carbons (Fsp3) is 0.125. The molecule has 0 saturated carbocycles. The van der Waals surface area contributed by atoms with E-state index in [1.807, 2.05) is 0 Å². The van der Waals surface area contributed by atoms with E-state index in [9.17, 15) is 14.0 Å². The van der Waals surface area contributed by atoms with E-state index >= 15 is 0 Å². The van der Waals surface area contributed by atoms with Gasteiger partial charge in [-0.2, -0.15) is 5.10 Å². The van der Waals surface area contributed by atoms with Crippen molar-refractivity contribution in [2.24, 2.45) is 5.73 Å². The minimum absolute atomic E-state index is 0.00683. The maximum atomic E-state index is 14.2. The van der Waals surface area contributed by atoms with Gasteiger partial charge in [0.2, 0.25) is 5.91 Å². The van der Waals surface area contributed by atoms with Crippen molar-refractivity contribution in [1.29, 1.82) is 0 Å². The van der Waals surface area contributed by atoms with Gasteiger partial charge in [-0.15, -0.1) is 0 Å². The van der Waals surface area contributed by atoms with Crippen molar-refractivity contribution in [1.82, 2.24) is 14.9 Å². The van der Waals surface area contributed by atoms with Crippen molar-refractivity contribution in [2.45, 2.75) is 13.5 Å². The average molecular weight is 378 g/mol. The Hall–Kier alpha value is -3.20. The Morgan fingerprint density at radius 2 is 2.19 bits per heavy atom. The van der Waals surface area contributed by atoms with E-state index in [0.29, 0.717) is 5.69 Å². The van der Waals surface area contributed by atoms with Gasteiger partial charge in [0.25, 0.3) is 5.91 Å². The largest absolute Gasteiger partial charge is 0.368 e. The molecule has 2 aromatic heterocycles. The number of nitrogens with one attached hydrogen (secondary N) is 1. The molecular formula is C16H13ClFN5O3. The Labute approximate surface area is 151 Å². The molecule has 0 unspecified atom stereocenters.